The first-order valence-electron chi connectivity index (χ1n) is 10.6. The second kappa shape index (κ2) is 11.1. The highest BCUT2D eigenvalue weighted by molar-refractivity contribution is 14.0. The summed E-state index contributed by atoms with van der Waals surface area (Å²) in [5, 5.41) is 6.50. The normalized spacial score (nSPS) is 20.6. The van der Waals surface area contributed by atoms with Crippen molar-refractivity contribution in [2.24, 2.45) is 4.99 Å². The molecule has 1 saturated carbocycles. The van der Waals surface area contributed by atoms with Gasteiger partial charge in [-0.25, -0.2) is 4.39 Å². The maximum atomic E-state index is 14.2. The number of amides is 1. The van der Waals surface area contributed by atoms with Crippen LogP contribution in [0.25, 0.3) is 0 Å². The molecular weight excluding hydrogens is 482 g/mol. The van der Waals surface area contributed by atoms with Crippen molar-refractivity contribution in [1.82, 2.24) is 15.5 Å². The number of hydrogen-bond donors (Lipinski definition) is 2. The molecule has 7 heteroatoms. The molecule has 0 radical (unpaired) electrons. The second-order valence-corrected chi connectivity index (χ2v) is 8.06. The molecule has 1 atom stereocenters. The molecular formula is C22H34FIN4O. The Morgan fingerprint density at radius 2 is 2.03 bits per heavy atom. The standard InChI is InChI=1S/C22H33FN4O.HI/c1-3-24-21(25-14-11-20(28)27-15-7-6-8-17(27)2)26-16-22(12-13-22)18-9-4-5-10-19(18)23;/h4-5,9-10,17H,3,6-8,11-16H2,1-2H3,(H2,24,25,26);1H. The van der Waals surface area contributed by atoms with Crippen LogP contribution >= 0.6 is 24.0 Å². The Bertz CT molecular complexity index is 708. The van der Waals surface area contributed by atoms with Crippen LogP contribution < -0.4 is 10.6 Å². The third-order valence-electron chi connectivity index (χ3n) is 5.94. The highest BCUT2D eigenvalue weighted by atomic mass is 127. The van der Waals surface area contributed by atoms with Crippen molar-refractivity contribution >= 4 is 35.8 Å². The number of carbonyl (C=O) groups is 1. The number of carbonyl (C=O) groups excluding carboxylic acids is 1. The van der Waals surface area contributed by atoms with Crippen molar-refractivity contribution in [2.45, 2.75) is 63.8 Å². The number of benzene rings is 1. The van der Waals surface area contributed by atoms with E-state index in [4.69, 9.17) is 4.99 Å². The van der Waals surface area contributed by atoms with Gasteiger partial charge in [0.15, 0.2) is 5.96 Å². The van der Waals surface area contributed by atoms with Crippen molar-refractivity contribution < 1.29 is 9.18 Å². The lowest BCUT2D eigenvalue weighted by Crippen LogP contribution is -2.44. The average Bonchev–Trinajstić information content (AvgIpc) is 3.47. The van der Waals surface area contributed by atoms with Gasteiger partial charge in [-0.3, -0.25) is 9.79 Å². The summed E-state index contributed by atoms with van der Waals surface area (Å²) in [7, 11) is 0. The van der Waals surface area contributed by atoms with Gasteiger partial charge >= 0.3 is 0 Å². The molecule has 1 aliphatic heterocycles. The van der Waals surface area contributed by atoms with Gasteiger partial charge in [0.05, 0.1) is 6.54 Å². The first-order chi connectivity index (χ1) is 13.6. The zero-order valence-corrected chi connectivity index (χ0v) is 19.9. The number of nitrogens with one attached hydrogen (secondary N) is 2. The highest BCUT2D eigenvalue weighted by Crippen LogP contribution is 2.49. The molecule has 5 nitrogen and oxygen atoms in total. The van der Waals surface area contributed by atoms with Gasteiger partial charge in [-0.05, 0) is 57.6 Å². The Balaban J connectivity index is 0.00000300. The van der Waals surface area contributed by atoms with Crippen LogP contribution in [0.15, 0.2) is 29.3 Å². The molecule has 1 saturated heterocycles. The fourth-order valence-electron chi connectivity index (χ4n) is 4.03. The lowest BCUT2D eigenvalue weighted by atomic mass is 9.95. The molecule has 1 unspecified atom stereocenters. The van der Waals surface area contributed by atoms with Crippen LogP contribution in [-0.2, 0) is 10.2 Å². The minimum Gasteiger partial charge on any atom is -0.357 e. The summed E-state index contributed by atoms with van der Waals surface area (Å²) < 4.78 is 14.2. The first kappa shape index (κ1) is 23.9. The average molecular weight is 516 g/mol. The Morgan fingerprint density at radius 1 is 1.28 bits per heavy atom. The minimum absolute atomic E-state index is 0. The van der Waals surface area contributed by atoms with Gasteiger partial charge in [-0.2, -0.15) is 0 Å². The lowest BCUT2D eigenvalue weighted by molar-refractivity contribution is -0.134. The van der Waals surface area contributed by atoms with Crippen molar-refractivity contribution in [1.29, 1.82) is 0 Å². The van der Waals surface area contributed by atoms with E-state index in [-0.39, 0.29) is 41.1 Å². The van der Waals surface area contributed by atoms with E-state index in [0.29, 0.717) is 31.5 Å². The number of likely N-dealkylation sites (tertiary alicyclic amines) is 1. The van der Waals surface area contributed by atoms with E-state index in [2.05, 4.69) is 17.6 Å². The van der Waals surface area contributed by atoms with E-state index in [1.165, 1.54) is 12.5 Å². The maximum Gasteiger partial charge on any atom is 0.224 e. The predicted molar refractivity (Wildman–Crippen MR) is 126 cm³/mol. The summed E-state index contributed by atoms with van der Waals surface area (Å²) in [5.74, 6) is 0.764. The Morgan fingerprint density at radius 3 is 2.69 bits per heavy atom. The molecule has 3 rings (SSSR count). The first-order valence-corrected chi connectivity index (χ1v) is 10.6. The second-order valence-electron chi connectivity index (χ2n) is 8.06. The van der Waals surface area contributed by atoms with Crippen molar-refractivity contribution in [3.8, 4) is 0 Å². The fourth-order valence-corrected chi connectivity index (χ4v) is 4.03. The van der Waals surface area contributed by atoms with Crippen molar-refractivity contribution in [2.75, 3.05) is 26.2 Å². The molecule has 162 valence electrons. The van der Waals surface area contributed by atoms with Crippen molar-refractivity contribution in [3.05, 3.63) is 35.6 Å². The molecule has 0 aromatic heterocycles. The third-order valence-corrected chi connectivity index (χ3v) is 5.94. The van der Waals surface area contributed by atoms with Crippen LogP contribution in [0, 0.1) is 5.82 Å². The van der Waals surface area contributed by atoms with E-state index in [9.17, 15) is 9.18 Å². The Kier molecular flexibility index (Phi) is 9.17. The molecule has 0 bridgehead atoms. The number of rotatable bonds is 7. The zero-order valence-electron chi connectivity index (χ0n) is 17.5. The molecule has 1 amide bonds. The van der Waals surface area contributed by atoms with Gasteiger partial charge < -0.3 is 15.5 Å². The molecule has 1 heterocycles. The SMILES string of the molecule is CCNC(=NCC1(c2ccccc2F)CC1)NCCC(=O)N1CCCCC1C.I. The van der Waals surface area contributed by atoms with Crippen LogP contribution in [0.2, 0.25) is 0 Å². The number of guanidine groups is 1. The number of nitrogens with zero attached hydrogens (tertiary/aromatic N) is 2. The lowest BCUT2D eigenvalue weighted by Gasteiger charge is -2.33. The Labute approximate surface area is 190 Å². The topological polar surface area (TPSA) is 56.7 Å². The summed E-state index contributed by atoms with van der Waals surface area (Å²) in [4.78, 5) is 19.2. The highest BCUT2D eigenvalue weighted by Gasteiger charge is 2.45. The molecule has 1 aliphatic carbocycles. The van der Waals surface area contributed by atoms with Gasteiger partial charge in [0, 0.05) is 37.5 Å². The summed E-state index contributed by atoms with van der Waals surface area (Å²) in [6.07, 6.45) is 5.80. The van der Waals surface area contributed by atoms with E-state index < -0.39 is 0 Å². The van der Waals surface area contributed by atoms with Crippen LogP contribution in [0.4, 0.5) is 4.39 Å². The Hall–Kier alpha value is -1.38. The summed E-state index contributed by atoms with van der Waals surface area (Å²) in [5.41, 5.74) is 0.594. The molecule has 2 aliphatic rings. The number of piperidine rings is 1. The smallest absolute Gasteiger partial charge is 0.224 e. The molecule has 1 aromatic carbocycles. The minimum atomic E-state index is -0.174. The van der Waals surface area contributed by atoms with Gasteiger partial charge in [0.1, 0.15) is 5.82 Å². The van der Waals surface area contributed by atoms with Gasteiger partial charge in [-0.15, -0.1) is 24.0 Å². The summed E-state index contributed by atoms with van der Waals surface area (Å²) >= 11 is 0. The van der Waals surface area contributed by atoms with Gasteiger partial charge in [0.2, 0.25) is 5.91 Å². The monoisotopic (exact) mass is 516 g/mol. The molecule has 2 fully saturated rings. The van der Waals surface area contributed by atoms with Crippen LogP contribution in [0.1, 0.15) is 57.9 Å². The quantitative estimate of drug-likeness (QED) is 0.329. The van der Waals surface area contributed by atoms with Crippen molar-refractivity contribution in [3.63, 3.8) is 0 Å². The van der Waals surface area contributed by atoms with Crippen LogP contribution in [0.5, 0.6) is 0 Å². The van der Waals surface area contributed by atoms with E-state index in [1.54, 1.807) is 6.07 Å². The number of aliphatic imine (C=N–C) groups is 1. The summed E-state index contributed by atoms with van der Waals surface area (Å²) in [6.45, 7) is 6.88. The maximum absolute atomic E-state index is 14.2. The van der Waals surface area contributed by atoms with E-state index in [0.717, 1.165) is 44.3 Å². The van der Waals surface area contributed by atoms with Gasteiger partial charge in [-0.1, -0.05) is 18.2 Å². The molecule has 2 N–H and O–H groups in total. The van der Waals surface area contributed by atoms with Crippen LogP contribution in [-0.4, -0.2) is 49.0 Å². The van der Waals surface area contributed by atoms with Gasteiger partial charge in [0.25, 0.3) is 0 Å². The third kappa shape index (κ3) is 6.30. The summed E-state index contributed by atoms with van der Waals surface area (Å²) in [6, 6.07) is 7.36. The van der Waals surface area contributed by atoms with Crippen LogP contribution in [0.3, 0.4) is 0 Å². The zero-order chi connectivity index (χ0) is 20.0. The molecule has 29 heavy (non-hydrogen) atoms. The number of hydrogen-bond acceptors (Lipinski definition) is 2. The predicted octanol–water partition coefficient (Wildman–Crippen LogP) is 3.82. The largest absolute Gasteiger partial charge is 0.357 e. The van der Waals surface area contributed by atoms with E-state index in [1.807, 2.05) is 24.0 Å². The molecule has 1 aromatic rings. The molecule has 0 spiro atoms. The fraction of sp³-hybridized carbons (Fsp3) is 0.636. The number of halogens is 2. The van der Waals surface area contributed by atoms with E-state index >= 15 is 0 Å².